The summed E-state index contributed by atoms with van der Waals surface area (Å²) < 4.78 is 18.7. The second kappa shape index (κ2) is 8.59. The van der Waals surface area contributed by atoms with E-state index in [0.29, 0.717) is 16.3 Å². The molecule has 2 aromatic rings. The lowest BCUT2D eigenvalue weighted by Gasteiger charge is -2.35. The number of hydrogen-bond acceptors (Lipinski definition) is 4. The number of likely N-dealkylation sites (N-methyl/N-ethyl adjacent to an activating group) is 1. The minimum absolute atomic E-state index is 0.0651. The monoisotopic (exact) mass is 391 g/mol. The molecule has 1 amide bonds. The standard InChI is InChI=1S/C20H23ClFN3O2/c1-24-7-9-25(10-8-24)18-5-4-15(21)13-17(18)23-20(26)12-14-3-6-19(27-2)16(22)11-14/h3-6,11,13H,7-10,12H2,1-2H3,(H,23,26). The Bertz CT molecular complexity index is 823. The second-order valence-corrected chi connectivity index (χ2v) is 7.08. The highest BCUT2D eigenvalue weighted by atomic mass is 35.5. The minimum Gasteiger partial charge on any atom is -0.494 e. The lowest BCUT2D eigenvalue weighted by Crippen LogP contribution is -2.44. The zero-order valence-corrected chi connectivity index (χ0v) is 16.2. The normalized spacial score (nSPS) is 14.9. The van der Waals surface area contributed by atoms with Gasteiger partial charge in [-0.1, -0.05) is 17.7 Å². The number of nitrogens with zero attached hydrogens (tertiary/aromatic N) is 2. The molecule has 1 heterocycles. The first-order valence-corrected chi connectivity index (χ1v) is 9.19. The average Bonchev–Trinajstić information content (AvgIpc) is 2.63. The number of methoxy groups -OCH3 is 1. The lowest BCUT2D eigenvalue weighted by atomic mass is 10.1. The summed E-state index contributed by atoms with van der Waals surface area (Å²) >= 11 is 6.14. The van der Waals surface area contributed by atoms with Crippen molar-refractivity contribution in [2.45, 2.75) is 6.42 Å². The third kappa shape index (κ3) is 4.90. The van der Waals surface area contributed by atoms with E-state index in [4.69, 9.17) is 16.3 Å². The van der Waals surface area contributed by atoms with Crippen LogP contribution >= 0.6 is 11.6 Å². The number of piperazine rings is 1. The molecule has 27 heavy (non-hydrogen) atoms. The van der Waals surface area contributed by atoms with Gasteiger partial charge in [-0.05, 0) is 42.9 Å². The van der Waals surface area contributed by atoms with Gasteiger partial charge in [0.05, 0.1) is 24.9 Å². The molecule has 2 aromatic carbocycles. The van der Waals surface area contributed by atoms with Crippen LogP contribution in [0.1, 0.15) is 5.56 Å². The first kappa shape index (κ1) is 19.5. The molecular formula is C20H23ClFN3O2. The number of benzene rings is 2. The molecule has 0 saturated carbocycles. The zero-order valence-electron chi connectivity index (χ0n) is 15.5. The summed E-state index contributed by atoms with van der Waals surface area (Å²) in [6.07, 6.45) is 0.0651. The summed E-state index contributed by atoms with van der Waals surface area (Å²) in [5.74, 6) is -0.549. The van der Waals surface area contributed by atoms with Crippen LogP contribution in [0, 0.1) is 5.82 Å². The van der Waals surface area contributed by atoms with Crippen LogP contribution in [0.15, 0.2) is 36.4 Å². The van der Waals surface area contributed by atoms with Crippen LogP contribution in [0.2, 0.25) is 5.02 Å². The quantitative estimate of drug-likeness (QED) is 0.848. The van der Waals surface area contributed by atoms with Gasteiger partial charge in [-0.2, -0.15) is 0 Å². The van der Waals surface area contributed by atoms with E-state index < -0.39 is 5.82 Å². The Hall–Kier alpha value is -2.31. The van der Waals surface area contributed by atoms with E-state index in [1.807, 2.05) is 12.1 Å². The molecular weight excluding hydrogens is 369 g/mol. The number of hydrogen-bond donors (Lipinski definition) is 1. The van der Waals surface area contributed by atoms with Gasteiger partial charge in [-0.15, -0.1) is 0 Å². The van der Waals surface area contributed by atoms with Gasteiger partial charge in [0.1, 0.15) is 0 Å². The van der Waals surface area contributed by atoms with Crippen molar-refractivity contribution in [2.24, 2.45) is 0 Å². The molecule has 0 unspecified atom stereocenters. The smallest absolute Gasteiger partial charge is 0.228 e. The number of carbonyl (C=O) groups is 1. The van der Waals surface area contributed by atoms with Crippen LogP contribution < -0.4 is 15.0 Å². The fourth-order valence-corrected chi connectivity index (χ4v) is 3.30. The summed E-state index contributed by atoms with van der Waals surface area (Å²) in [6.45, 7) is 3.68. The van der Waals surface area contributed by atoms with Gasteiger partial charge in [0, 0.05) is 31.2 Å². The van der Waals surface area contributed by atoms with Crippen LogP contribution in [0.5, 0.6) is 5.75 Å². The van der Waals surface area contributed by atoms with E-state index in [2.05, 4.69) is 22.2 Å². The highest BCUT2D eigenvalue weighted by Crippen LogP contribution is 2.30. The third-order valence-corrected chi connectivity index (χ3v) is 4.89. The molecule has 0 aliphatic carbocycles. The molecule has 0 radical (unpaired) electrons. The maximum absolute atomic E-state index is 13.8. The van der Waals surface area contributed by atoms with Crippen molar-refractivity contribution in [1.82, 2.24) is 4.90 Å². The number of rotatable bonds is 5. The van der Waals surface area contributed by atoms with E-state index in [1.165, 1.54) is 19.2 Å². The molecule has 0 atom stereocenters. The van der Waals surface area contributed by atoms with Crippen LogP contribution in [-0.4, -0.2) is 51.1 Å². The molecule has 7 heteroatoms. The van der Waals surface area contributed by atoms with Gasteiger partial charge in [-0.3, -0.25) is 4.79 Å². The molecule has 1 N–H and O–H groups in total. The lowest BCUT2D eigenvalue weighted by molar-refractivity contribution is -0.115. The summed E-state index contributed by atoms with van der Waals surface area (Å²) in [5, 5.41) is 3.48. The first-order chi connectivity index (χ1) is 13.0. The Morgan fingerprint density at radius 2 is 1.93 bits per heavy atom. The van der Waals surface area contributed by atoms with Gasteiger partial charge in [-0.25, -0.2) is 4.39 Å². The van der Waals surface area contributed by atoms with Crippen molar-refractivity contribution in [3.05, 3.63) is 52.8 Å². The zero-order chi connectivity index (χ0) is 19.4. The fraction of sp³-hybridized carbons (Fsp3) is 0.350. The van der Waals surface area contributed by atoms with Crippen molar-refractivity contribution >= 4 is 28.9 Å². The van der Waals surface area contributed by atoms with Gasteiger partial charge >= 0.3 is 0 Å². The van der Waals surface area contributed by atoms with Crippen LogP contribution in [0.25, 0.3) is 0 Å². The number of carbonyl (C=O) groups excluding carboxylic acids is 1. The Labute approximate surface area is 163 Å². The SMILES string of the molecule is COc1ccc(CC(=O)Nc2cc(Cl)ccc2N2CCN(C)CC2)cc1F. The number of amides is 1. The molecule has 3 rings (SSSR count). The maximum atomic E-state index is 13.8. The Morgan fingerprint density at radius 1 is 1.19 bits per heavy atom. The van der Waals surface area contributed by atoms with Crippen molar-refractivity contribution < 1.29 is 13.9 Å². The molecule has 1 saturated heterocycles. The van der Waals surface area contributed by atoms with Gasteiger partial charge < -0.3 is 19.9 Å². The Kier molecular flexibility index (Phi) is 6.19. The van der Waals surface area contributed by atoms with Crippen molar-refractivity contribution in [3.63, 3.8) is 0 Å². The molecule has 1 fully saturated rings. The number of anilines is 2. The molecule has 1 aliphatic rings. The largest absolute Gasteiger partial charge is 0.494 e. The van der Waals surface area contributed by atoms with E-state index in [-0.39, 0.29) is 18.1 Å². The molecule has 0 aromatic heterocycles. The second-order valence-electron chi connectivity index (χ2n) is 6.65. The topological polar surface area (TPSA) is 44.8 Å². The van der Waals surface area contributed by atoms with Crippen LogP contribution in [0.4, 0.5) is 15.8 Å². The Balaban J connectivity index is 1.73. The fourth-order valence-electron chi connectivity index (χ4n) is 3.13. The number of nitrogens with one attached hydrogen (secondary N) is 1. The minimum atomic E-state index is -0.483. The summed E-state index contributed by atoms with van der Waals surface area (Å²) in [7, 11) is 3.50. The van der Waals surface area contributed by atoms with E-state index in [9.17, 15) is 9.18 Å². The predicted octanol–water partition coefficient (Wildman–Crippen LogP) is 3.42. The number of halogens is 2. The van der Waals surface area contributed by atoms with Crippen LogP contribution in [-0.2, 0) is 11.2 Å². The summed E-state index contributed by atoms with van der Waals surface area (Å²) in [5.41, 5.74) is 2.20. The van der Waals surface area contributed by atoms with E-state index in [1.54, 1.807) is 12.1 Å². The van der Waals surface area contributed by atoms with Crippen LogP contribution in [0.3, 0.4) is 0 Å². The molecule has 1 aliphatic heterocycles. The van der Waals surface area contributed by atoms with E-state index >= 15 is 0 Å². The Morgan fingerprint density at radius 3 is 2.59 bits per heavy atom. The van der Waals surface area contributed by atoms with Gasteiger partial charge in [0.25, 0.3) is 0 Å². The predicted molar refractivity (Wildman–Crippen MR) is 106 cm³/mol. The molecule has 0 spiro atoms. The van der Waals surface area contributed by atoms with Crippen molar-refractivity contribution in [2.75, 3.05) is 50.6 Å². The van der Waals surface area contributed by atoms with Gasteiger partial charge in [0.2, 0.25) is 5.91 Å². The van der Waals surface area contributed by atoms with E-state index in [0.717, 1.165) is 31.9 Å². The molecule has 5 nitrogen and oxygen atoms in total. The third-order valence-electron chi connectivity index (χ3n) is 4.66. The van der Waals surface area contributed by atoms with Crippen molar-refractivity contribution in [3.8, 4) is 5.75 Å². The van der Waals surface area contributed by atoms with Crippen molar-refractivity contribution in [1.29, 1.82) is 0 Å². The highest BCUT2D eigenvalue weighted by Gasteiger charge is 2.18. The van der Waals surface area contributed by atoms with Gasteiger partial charge in [0.15, 0.2) is 11.6 Å². The average molecular weight is 392 g/mol. The number of ether oxygens (including phenoxy) is 1. The summed E-state index contributed by atoms with van der Waals surface area (Å²) in [4.78, 5) is 17.0. The molecule has 144 valence electrons. The highest BCUT2D eigenvalue weighted by molar-refractivity contribution is 6.31. The molecule has 0 bridgehead atoms. The maximum Gasteiger partial charge on any atom is 0.228 e. The summed E-state index contributed by atoms with van der Waals surface area (Å²) in [6, 6.07) is 10.0. The first-order valence-electron chi connectivity index (χ1n) is 8.81.